The van der Waals surface area contributed by atoms with Crippen LogP contribution in [0.3, 0.4) is 0 Å². The van der Waals surface area contributed by atoms with E-state index in [1.165, 1.54) is 5.57 Å². The largest absolute Gasteiger partial charge is 0.370 e. The van der Waals surface area contributed by atoms with Crippen LogP contribution < -0.4 is 16.4 Å². The Bertz CT molecular complexity index is 869. The molecule has 0 radical (unpaired) electrons. The first-order valence-corrected chi connectivity index (χ1v) is 9.43. The van der Waals surface area contributed by atoms with Gasteiger partial charge in [0, 0.05) is 38.1 Å². The number of amides is 1. The zero-order valence-electron chi connectivity index (χ0n) is 15.2. The molecule has 1 atom stereocenters. The Balaban J connectivity index is 1.65. The quantitative estimate of drug-likeness (QED) is 0.820. The number of aromatic nitrogens is 1. The molecule has 1 aromatic heterocycles. The number of hydrogen-bond acceptors (Lipinski definition) is 6. The van der Waals surface area contributed by atoms with Gasteiger partial charge in [-0.1, -0.05) is 17.7 Å². The molecule has 1 amide bonds. The second-order valence-electron chi connectivity index (χ2n) is 7.40. The van der Waals surface area contributed by atoms with Gasteiger partial charge in [0.1, 0.15) is 0 Å². The molecule has 27 heavy (non-hydrogen) atoms. The number of hydrogen-bond donors (Lipinski definition) is 2. The summed E-state index contributed by atoms with van der Waals surface area (Å²) < 4.78 is 0. The van der Waals surface area contributed by atoms with E-state index in [1.807, 2.05) is 24.5 Å². The topological polar surface area (TPSA) is 101 Å². The van der Waals surface area contributed by atoms with Crippen molar-refractivity contribution in [3.63, 3.8) is 0 Å². The fraction of sp³-hybridized carbons (Fsp3) is 0.421. The molecule has 1 aliphatic carbocycles. The van der Waals surface area contributed by atoms with Crippen molar-refractivity contribution in [1.82, 2.24) is 9.99 Å². The first kappa shape index (κ1) is 18.0. The van der Waals surface area contributed by atoms with Crippen LogP contribution in [0.2, 0.25) is 5.02 Å². The maximum Gasteiger partial charge on any atom is 0.237 e. The van der Waals surface area contributed by atoms with Gasteiger partial charge < -0.3 is 16.4 Å². The number of fused-ring (bicyclic) bond motifs is 1. The van der Waals surface area contributed by atoms with Gasteiger partial charge >= 0.3 is 0 Å². The van der Waals surface area contributed by atoms with Gasteiger partial charge in [-0.15, -0.1) is 0 Å². The van der Waals surface area contributed by atoms with Crippen molar-refractivity contribution in [3.05, 3.63) is 40.7 Å². The summed E-state index contributed by atoms with van der Waals surface area (Å²) in [6.45, 7) is 1.24. The Morgan fingerprint density at radius 2 is 2.07 bits per heavy atom. The summed E-state index contributed by atoms with van der Waals surface area (Å²) in [6, 6.07) is 0.299. The van der Waals surface area contributed by atoms with Gasteiger partial charge in [-0.05, 0) is 36.5 Å². The standard InChI is InChI=1S/C19H23ClN6O/c1-25-16-3-2-12(8-13(16)9-24-25)14-10-23-11-15(20)17(14)26-6-4-19(22,5-7-26)18(21)27/h2,8-11,16H,3-7,22H2,1H3,(H2,21,27). The van der Waals surface area contributed by atoms with Gasteiger partial charge in [0.05, 0.1) is 28.5 Å². The lowest BCUT2D eigenvalue weighted by Gasteiger charge is -2.39. The van der Waals surface area contributed by atoms with Crippen molar-refractivity contribution in [2.45, 2.75) is 30.8 Å². The lowest BCUT2D eigenvalue weighted by atomic mass is 9.87. The highest BCUT2D eigenvalue weighted by Gasteiger charge is 2.37. The summed E-state index contributed by atoms with van der Waals surface area (Å²) in [5.74, 6) is -0.446. The molecule has 1 aromatic rings. The number of hydrazone groups is 1. The minimum Gasteiger partial charge on any atom is -0.370 e. The first-order valence-electron chi connectivity index (χ1n) is 9.05. The van der Waals surface area contributed by atoms with Crippen molar-refractivity contribution in [2.24, 2.45) is 16.6 Å². The Hall–Kier alpha value is -2.38. The van der Waals surface area contributed by atoms with E-state index in [4.69, 9.17) is 23.1 Å². The minimum atomic E-state index is -0.944. The number of carbonyl (C=O) groups excluding carboxylic acids is 1. The van der Waals surface area contributed by atoms with Crippen LogP contribution in [0.5, 0.6) is 0 Å². The maximum absolute atomic E-state index is 11.6. The van der Waals surface area contributed by atoms with Crippen molar-refractivity contribution in [2.75, 3.05) is 25.0 Å². The van der Waals surface area contributed by atoms with Gasteiger partial charge in [0.25, 0.3) is 0 Å². The number of likely N-dealkylation sites (N-methyl/N-ethyl adjacent to an activating group) is 1. The van der Waals surface area contributed by atoms with E-state index in [2.05, 4.69) is 27.1 Å². The third kappa shape index (κ3) is 3.11. The summed E-state index contributed by atoms with van der Waals surface area (Å²) in [4.78, 5) is 18.1. The van der Waals surface area contributed by atoms with Crippen LogP contribution in [0, 0.1) is 0 Å². The van der Waals surface area contributed by atoms with E-state index >= 15 is 0 Å². The van der Waals surface area contributed by atoms with Crippen LogP contribution in [-0.2, 0) is 4.79 Å². The van der Waals surface area contributed by atoms with E-state index in [1.54, 1.807) is 6.20 Å². The Labute approximate surface area is 163 Å². The molecule has 7 nitrogen and oxygen atoms in total. The zero-order chi connectivity index (χ0) is 19.2. The van der Waals surface area contributed by atoms with E-state index in [-0.39, 0.29) is 0 Å². The van der Waals surface area contributed by atoms with E-state index in [9.17, 15) is 4.79 Å². The highest BCUT2D eigenvalue weighted by Crippen LogP contribution is 2.39. The number of carbonyl (C=O) groups is 1. The Kier molecular flexibility index (Phi) is 4.44. The third-order valence-corrected chi connectivity index (χ3v) is 6.03. The monoisotopic (exact) mass is 386 g/mol. The van der Waals surface area contributed by atoms with Crippen molar-refractivity contribution >= 4 is 35.0 Å². The number of piperidine rings is 1. The average Bonchev–Trinajstić information content (AvgIpc) is 3.03. The zero-order valence-corrected chi connectivity index (χ0v) is 16.0. The molecule has 142 valence electrons. The number of primary amides is 1. The molecule has 2 aliphatic heterocycles. The van der Waals surface area contributed by atoms with Gasteiger partial charge in [-0.2, -0.15) is 5.10 Å². The number of halogens is 1. The molecule has 0 spiro atoms. The molecule has 3 heterocycles. The number of rotatable bonds is 3. The van der Waals surface area contributed by atoms with Crippen LogP contribution in [0.25, 0.3) is 5.57 Å². The smallest absolute Gasteiger partial charge is 0.237 e. The number of nitrogens with zero attached hydrogens (tertiary/aromatic N) is 4. The lowest BCUT2D eigenvalue weighted by molar-refractivity contribution is -0.123. The van der Waals surface area contributed by atoms with Crippen LogP contribution in [0.1, 0.15) is 24.8 Å². The Morgan fingerprint density at radius 3 is 2.78 bits per heavy atom. The SMILES string of the molecule is CN1N=CC2=CC(c3cncc(Cl)c3N3CCC(N)(C(N)=O)CC3)=CCC21. The fourth-order valence-corrected chi connectivity index (χ4v) is 4.24. The van der Waals surface area contributed by atoms with Crippen LogP contribution >= 0.6 is 11.6 Å². The second kappa shape index (κ2) is 6.65. The summed E-state index contributed by atoms with van der Waals surface area (Å²) in [5.41, 5.74) is 14.9. The van der Waals surface area contributed by atoms with Crippen LogP contribution in [0.4, 0.5) is 5.69 Å². The predicted molar refractivity (Wildman–Crippen MR) is 108 cm³/mol. The molecular weight excluding hydrogens is 364 g/mol. The van der Waals surface area contributed by atoms with E-state index < -0.39 is 11.4 Å². The first-order chi connectivity index (χ1) is 12.9. The van der Waals surface area contributed by atoms with Gasteiger partial charge in [0.15, 0.2) is 0 Å². The maximum atomic E-state index is 11.6. The van der Waals surface area contributed by atoms with Crippen molar-refractivity contribution in [1.29, 1.82) is 0 Å². The number of anilines is 1. The summed E-state index contributed by atoms with van der Waals surface area (Å²) >= 11 is 6.54. The molecule has 0 aromatic carbocycles. The Morgan fingerprint density at radius 1 is 1.33 bits per heavy atom. The van der Waals surface area contributed by atoms with Crippen LogP contribution in [-0.4, -0.2) is 53.8 Å². The number of allylic oxidation sites excluding steroid dienone is 2. The van der Waals surface area contributed by atoms with E-state index in [0.29, 0.717) is 37.0 Å². The normalized spacial score (nSPS) is 23.7. The molecule has 1 unspecified atom stereocenters. The summed E-state index contributed by atoms with van der Waals surface area (Å²) in [5, 5.41) is 6.94. The average molecular weight is 387 g/mol. The number of nitrogens with two attached hydrogens (primary N) is 2. The van der Waals surface area contributed by atoms with Crippen molar-refractivity contribution < 1.29 is 4.79 Å². The number of pyridine rings is 1. The minimum absolute atomic E-state index is 0.299. The fourth-order valence-electron chi connectivity index (χ4n) is 3.96. The molecule has 3 aliphatic rings. The lowest BCUT2D eigenvalue weighted by Crippen LogP contribution is -2.58. The molecule has 1 fully saturated rings. The molecule has 0 saturated carbocycles. The molecule has 1 saturated heterocycles. The highest BCUT2D eigenvalue weighted by atomic mass is 35.5. The van der Waals surface area contributed by atoms with Gasteiger partial charge in [-0.25, -0.2) is 0 Å². The second-order valence-corrected chi connectivity index (χ2v) is 7.81. The molecule has 0 bridgehead atoms. The van der Waals surface area contributed by atoms with Crippen molar-refractivity contribution in [3.8, 4) is 0 Å². The predicted octanol–water partition coefficient (Wildman–Crippen LogP) is 1.53. The highest BCUT2D eigenvalue weighted by molar-refractivity contribution is 6.33. The molecule has 4 rings (SSSR count). The van der Waals surface area contributed by atoms with Gasteiger partial charge in [0.2, 0.25) is 5.91 Å². The molecule has 4 N–H and O–H groups in total. The summed E-state index contributed by atoms with van der Waals surface area (Å²) in [7, 11) is 1.98. The van der Waals surface area contributed by atoms with E-state index in [0.717, 1.165) is 23.2 Å². The van der Waals surface area contributed by atoms with Gasteiger partial charge in [-0.3, -0.25) is 14.8 Å². The summed E-state index contributed by atoms with van der Waals surface area (Å²) in [6.07, 6.45) is 11.7. The van der Waals surface area contributed by atoms with Crippen LogP contribution in [0.15, 0.2) is 35.2 Å². The molecular formula is C19H23ClN6O. The third-order valence-electron chi connectivity index (χ3n) is 5.75. The molecule has 8 heteroatoms.